The minimum atomic E-state index is -2.51. The van der Waals surface area contributed by atoms with Crippen molar-refractivity contribution < 1.29 is 13.5 Å². The first-order valence-electron chi connectivity index (χ1n) is 6.76. The van der Waals surface area contributed by atoms with Crippen LogP contribution in [-0.2, 0) is 6.54 Å². The summed E-state index contributed by atoms with van der Waals surface area (Å²) in [5, 5.41) is 11.0. The van der Waals surface area contributed by atoms with Gasteiger partial charge in [0.15, 0.2) is 5.82 Å². The maximum absolute atomic E-state index is 12.5. The molecule has 0 aliphatic carbocycles. The van der Waals surface area contributed by atoms with E-state index in [4.69, 9.17) is 4.74 Å². The number of nitrogens with zero attached hydrogens (tertiary/aromatic N) is 6. The summed E-state index contributed by atoms with van der Waals surface area (Å²) in [5.41, 5.74) is 0.386. The summed E-state index contributed by atoms with van der Waals surface area (Å²) >= 11 is 3.26. The van der Waals surface area contributed by atoms with Gasteiger partial charge in [-0.05, 0) is 22.0 Å². The molecule has 0 aliphatic heterocycles. The average Bonchev–Trinajstić information content (AvgIpc) is 3.13. The fraction of sp³-hybridized carbons (Fsp3) is 0.231. The Morgan fingerprint density at radius 1 is 1.33 bits per heavy atom. The fourth-order valence-corrected chi connectivity index (χ4v) is 2.25. The molecule has 0 saturated heterocycles. The van der Waals surface area contributed by atoms with Gasteiger partial charge >= 0.3 is 0 Å². The summed E-state index contributed by atoms with van der Waals surface area (Å²) in [6.07, 6.45) is 2.18. The summed E-state index contributed by atoms with van der Waals surface area (Å²) in [6.45, 7) is -0.528. The van der Waals surface area contributed by atoms with Gasteiger partial charge in [0.25, 0.3) is 12.3 Å². The Morgan fingerprint density at radius 3 is 2.83 bits per heavy atom. The van der Waals surface area contributed by atoms with Gasteiger partial charge in [-0.15, -0.1) is 5.10 Å². The lowest BCUT2D eigenvalue weighted by Crippen LogP contribution is -2.06. The number of rotatable bonds is 6. The minimum Gasteiger partial charge on any atom is -0.478 e. The molecule has 0 saturated carbocycles. The van der Waals surface area contributed by atoms with E-state index in [0.717, 1.165) is 4.68 Å². The summed E-state index contributed by atoms with van der Waals surface area (Å²) in [5.74, 6) is 0.970. The zero-order valence-electron chi connectivity index (χ0n) is 12.4. The van der Waals surface area contributed by atoms with Crippen molar-refractivity contribution in [2.75, 3.05) is 12.4 Å². The number of alkyl halides is 2. The van der Waals surface area contributed by atoms with Gasteiger partial charge in [-0.25, -0.2) is 18.4 Å². The van der Waals surface area contributed by atoms with Gasteiger partial charge in [0.05, 0.1) is 13.3 Å². The molecule has 3 rings (SSSR count). The van der Waals surface area contributed by atoms with Crippen LogP contribution in [0.25, 0.3) is 5.82 Å². The summed E-state index contributed by atoms with van der Waals surface area (Å²) in [6, 6.07) is 3.45. The summed E-state index contributed by atoms with van der Waals surface area (Å²) < 4.78 is 33.4. The van der Waals surface area contributed by atoms with Crippen molar-refractivity contribution in [2.24, 2.45) is 0 Å². The molecular weight excluding hydrogens is 388 g/mol. The van der Waals surface area contributed by atoms with Crippen molar-refractivity contribution in [3.05, 3.63) is 35.3 Å². The van der Waals surface area contributed by atoms with Crippen molar-refractivity contribution in [2.45, 2.75) is 13.0 Å². The molecule has 8 nitrogen and oxygen atoms in total. The number of aromatic nitrogens is 6. The van der Waals surface area contributed by atoms with Gasteiger partial charge < -0.3 is 10.1 Å². The third-order valence-electron chi connectivity index (χ3n) is 2.92. The molecule has 1 N–H and O–H groups in total. The van der Waals surface area contributed by atoms with E-state index in [2.05, 4.69) is 41.4 Å². The van der Waals surface area contributed by atoms with Crippen LogP contribution in [-0.4, -0.2) is 43.1 Å². The molecule has 0 aromatic carbocycles. The first-order valence-corrected chi connectivity index (χ1v) is 7.55. The fourth-order valence-electron chi connectivity index (χ4n) is 1.96. The van der Waals surface area contributed by atoms with Crippen LogP contribution in [0.5, 0.6) is 5.88 Å². The Bertz CT molecular complexity index is 835. The normalized spacial score (nSPS) is 11.0. The molecule has 0 fully saturated rings. The minimum absolute atomic E-state index is 0.173. The smallest absolute Gasteiger partial charge is 0.257 e. The van der Waals surface area contributed by atoms with E-state index >= 15 is 0 Å². The van der Waals surface area contributed by atoms with E-state index in [1.807, 2.05) is 0 Å². The molecule has 0 bridgehead atoms. The molecule has 3 aromatic heterocycles. The average molecular weight is 400 g/mol. The van der Waals surface area contributed by atoms with E-state index in [-0.39, 0.29) is 11.8 Å². The second kappa shape index (κ2) is 6.91. The van der Waals surface area contributed by atoms with Gasteiger partial charge in [0.1, 0.15) is 16.8 Å². The van der Waals surface area contributed by atoms with Crippen molar-refractivity contribution in [1.82, 2.24) is 29.5 Å². The van der Waals surface area contributed by atoms with Crippen molar-refractivity contribution in [3.63, 3.8) is 0 Å². The zero-order valence-corrected chi connectivity index (χ0v) is 14.0. The highest BCUT2D eigenvalue weighted by Gasteiger charge is 2.14. The molecular formula is C13H12BrF2N7O. The van der Waals surface area contributed by atoms with Crippen LogP contribution >= 0.6 is 15.9 Å². The van der Waals surface area contributed by atoms with Crippen LogP contribution in [0, 0.1) is 0 Å². The van der Waals surface area contributed by atoms with Crippen molar-refractivity contribution in [3.8, 4) is 11.7 Å². The van der Waals surface area contributed by atoms with Crippen LogP contribution in [0.15, 0.2) is 35.3 Å². The third kappa shape index (κ3) is 3.67. The van der Waals surface area contributed by atoms with Crippen LogP contribution in [0.1, 0.15) is 0 Å². The molecule has 0 radical (unpaired) electrons. The third-order valence-corrected chi connectivity index (χ3v) is 3.35. The quantitative estimate of drug-likeness (QED) is 0.685. The highest BCUT2D eigenvalue weighted by Crippen LogP contribution is 2.25. The molecule has 11 heteroatoms. The Labute approximate surface area is 143 Å². The van der Waals surface area contributed by atoms with Gasteiger partial charge in [-0.2, -0.15) is 10.1 Å². The number of ether oxygens (including phenoxy) is 1. The molecule has 0 atom stereocenters. The van der Waals surface area contributed by atoms with E-state index < -0.39 is 13.0 Å². The van der Waals surface area contributed by atoms with Crippen LogP contribution in [0.2, 0.25) is 0 Å². The highest BCUT2D eigenvalue weighted by atomic mass is 79.9. The first kappa shape index (κ1) is 16.3. The molecule has 0 amide bonds. The Hall–Kier alpha value is -2.56. The highest BCUT2D eigenvalue weighted by molar-refractivity contribution is 9.10. The van der Waals surface area contributed by atoms with Crippen molar-refractivity contribution in [1.29, 1.82) is 0 Å². The monoisotopic (exact) mass is 399 g/mol. The van der Waals surface area contributed by atoms with E-state index in [9.17, 15) is 8.78 Å². The number of halogens is 3. The van der Waals surface area contributed by atoms with E-state index in [0.29, 0.717) is 16.1 Å². The Kier molecular flexibility index (Phi) is 4.69. The Morgan fingerprint density at radius 2 is 2.17 bits per heavy atom. The maximum atomic E-state index is 12.5. The predicted octanol–water partition coefficient (Wildman–Crippen LogP) is 2.64. The van der Waals surface area contributed by atoms with E-state index in [1.165, 1.54) is 13.3 Å². The SMILES string of the molecule is COc1nn(CC(F)F)cc1Nc1nccc(-n2ccc(Br)n2)n1. The van der Waals surface area contributed by atoms with Gasteiger partial charge in [-0.3, -0.25) is 4.68 Å². The topological polar surface area (TPSA) is 82.7 Å². The van der Waals surface area contributed by atoms with Gasteiger partial charge in [0, 0.05) is 18.5 Å². The molecule has 126 valence electrons. The lowest BCUT2D eigenvalue weighted by Gasteiger charge is -2.05. The molecule has 3 aromatic rings. The Balaban J connectivity index is 1.84. The maximum Gasteiger partial charge on any atom is 0.257 e. The second-order valence-electron chi connectivity index (χ2n) is 4.61. The lowest BCUT2D eigenvalue weighted by atomic mass is 10.5. The van der Waals surface area contributed by atoms with Gasteiger partial charge in [-0.1, -0.05) is 0 Å². The predicted molar refractivity (Wildman–Crippen MR) is 84.9 cm³/mol. The van der Waals surface area contributed by atoms with E-state index in [1.54, 1.807) is 29.2 Å². The van der Waals surface area contributed by atoms with Crippen LogP contribution < -0.4 is 10.1 Å². The van der Waals surface area contributed by atoms with Gasteiger partial charge in [0.2, 0.25) is 5.95 Å². The zero-order chi connectivity index (χ0) is 17.1. The molecule has 0 unspecified atom stereocenters. The number of nitrogens with one attached hydrogen (secondary N) is 1. The number of anilines is 2. The molecule has 3 heterocycles. The van der Waals surface area contributed by atoms with Crippen molar-refractivity contribution >= 4 is 27.6 Å². The second-order valence-corrected chi connectivity index (χ2v) is 5.42. The lowest BCUT2D eigenvalue weighted by molar-refractivity contribution is 0.121. The largest absolute Gasteiger partial charge is 0.478 e. The van der Waals surface area contributed by atoms with Crippen LogP contribution in [0.4, 0.5) is 20.4 Å². The summed E-state index contributed by atoms with van der Waals surface area (Å²) in [4.78, 5) is 8.41. The number of hydrogen-bond acceptors (Lipinski definition) is 6. The summed E-state index contributed by atoms with van der Waals surface area (Å²) in [7, 11) is 1.40. The number of hydrogen-bond donors (Lipinski definition) is 1. The standard InChI is InChI=1S/C13H12BrF2N7O/c1-24-12-8(6-22(21-12)7-10(15)16)18-13-17-4-2-11(19-13)23-5-3-9(14)20-23/h2-6,10H,7H2,1H3,(H,17,18,19). The first-order chi connectivity index (χ1) is 11.5. The molecule has 0 spiro atoms. The van der Waals surface area contributed by atoms with Crippen LogP contribution in [0.3, 0.4) is 0 Å². The number of methoxy groups -OCH3 is 1. The molecule has 24 heavy (non-hydrogen) atoms. The molecule has 0 aliphatic rings.